The van der Waals surface area contributed by atoms with Gasteiger partial charge in [-0.2, -0.15) is 0 Å². The van der Waals surface area contributed by atoms with Crippen molar-refractivity contribution in [2.45, 2.75) is 26.9 Å². The van der Waals surface area contributed by atoms with Crippen LogP contribution in [0, 0.1) is 0 Å². The van der Waals surface area contributed by atoms with Gasteiger partial charge in [0.25, 0.3) is 0 Å². The maximum absolute atomic E-state index is 5.76. The van der Waals surface area contributed by atoms with Crippen molar-refractivity contribution in [2.24, 2.45) is 5.73 Å². The van der Waals surface area contributed by atoms with Gasteiger partial charge in [-0.15, -0.1) is 0 Å². The molecular formula is C14H17NO. The molecule has 0 aliphatic carbocycles. The molecule has 16 heavy (non-hydrogen) atoms. The summed E-state index contributed by atoms with van der Waals surface area (Å²) < 4.78 is 5.42. The largest absolute Gasteiger partial charge is 0.474 e. The zero-order chi connectivity index (χ0) is 11.5. The van der Waals surface area contributed by atoms with Crippen LogP contribution in [0.1, 0.15) is 30.5 Å². The lowest BCUT2D eigenvalue weighted by Crippen LogP contribution is -2.12. The second-order valence-electron chi connectivity index (χ2n) is 4.04. The Labute approximate surface area is 96.4 Å². The van der Waals surface area contributed by atoms with E-state index in [1.165, 1.54) is 16.7 Å². The molecule has 2 N–H and O–H groups in total. The Morgan fingerprint density at radius 3 is 3.00 bits per heavy atom. The fourth-order valence-electron chi connectivity index (χ4n) is 1.91. The summed E-state index contributed by atoms with van der Waals surface area (Å²) in [4.78, 5) is 0. The van der Waals surface area contributed by atoms with Crippen LogP contribution in [0.3, 0.4) is 0 Å². The minimum Gasteiger partial charge on any atom is -0.474 e. The van der Waals surface area contributed by atoms with Crippen LogP contribution < -0.4 is 5.73 Å². The van der Waals surface area contributed by atoms with Crippen LogP contribution in [0.15, 0.2) is 36.2 Å². The molecule has 0 spiro atoms. The van der Waals surface area contributed by atoms with E-state index in [2.05, 4.69) is 30.4 Å². The van der Waals surface area contributed by atoms with E-state index in [9.17, 15) is 0 Å². The first-order valence-corrected chi connectivity index (χ1v) is 5.55. The van der Waals surface area contributed by atoms with Crippen molar-refractivity contribution in [1.29, 1.82) is 0 Å². The van der Waals surface area contributed by atoms with E-state index in [-0.39, 0.29) is 0 Å². The van der Waals surface area contributed by atoms with Gasteiger partial charge in [0, 0.05) is 5.57 Å². The summed E-state index contributed by atoms with van der Waals surface area (Å²) in [5.74, 6) is 0.550. The van der Waals surface area contributed by atoms with Gasteiger partial charge in [0.1, 0.15) is 6.61 Å². The van der Waals surface area contributed by atoms with Crippen LogP contribution in [0.4, 0.5) is 0 Å². The number of hydrogen-bond donors (Lipinski definition) is 1. The third-order valence-corrected chi connectivity index (χ3v) is 2.92. The third kappa shape index (κ3) is 1.96. The lowest BCUT2D eigenvalue weighted by molar-refractivity contribution is 0.192. The zero-order valence-corrected chi connectivity index (χ0v) is 9.79. The number of benzene rings is 1. The Hall–Kier alpha value is -1.70. The quantitative estimate of drug-likeness (QED) is 0.770. The van der Waals surface area contributed by atoms with Gasteiger partial charge in [0.05, 0.1) is 0 Å². The number of hydrogen-bond acceptors (Lipinski definition) is 2. The summed E-state index contributed by atoms with van der Waals surface area (Å²) in [5.41, 5.74) is 10.6. The summed E-state index contributed by atoms with van der Waals surface area (Å²) in [6.45, 7) is 4.62. The Balaban J connectivity index is 2.34. The topological polar surface area (TPSA) is 35.2 Å². The van der Waals surface area contributed by atoms with Crippen LogP contribution in [0.2, 0.25) is 0 Å². The van der Waals surface area contributed by atoms with E-state index in [1.54, 1.807) is 0 Å². The van der Waals surface area contributed by atoms with E-state index in [0.717, 1.165) is 12.0 Å². The van der Waals surface area contributed by atoms with E-state index in [0.29, 0.717) is 12.5 Å². The molecular weight excluding hydrogens is 198 g/mol. The first-order valence-electron chi connectivity index (χ1n) is 5.55. The lowest BCUT2D eigenvalue weighted by atomic mass is 9.96. The number of ether oxygens (including phenoxy) is 1. The molecule has 0 fully saturated rings. The second kappa shape index (κ2) is 4.44. The van der Waals surface area contributed by atoms with Crippen molar-refractivity contribution in [1.82, 2.24) is 0 Å². The Bertz CT molecular complexity index is 458. The van der Waals surface area contributed by atoms with Crippen molar-refractivity contribution >= 4 is 5.57 Å². The SMILES string of the molecule is C/C=C/Cc1ccc2c(c1)COC(N)=C2C. The van der Waals surface area contributed by atoms with E-state index < -0.39 is 0 Å². The number of fused-ring (bicyclic) bond motifs is 1. The lowest BCUT2D eigenvalue weighted by Gasteiger charge is -2.20. The average Bonchev–Trinajstić information content (AvgIpc) is 2.31. The Kier molecular flexibility index (Phi) is 3.00. The molecule has 0 unspecified atom stereocenters. The van der Waals surface area contributed by atoms with Gasteiger partial charge in [-0.05, 0) is 37.0 Å². The first-order chi connectivity index (χ1) is 7.72. The van der Waals surface area contributed by atoms with Crippen molar-refractivity contribution in [2.75, 3.05) is 0 Å². The maximum atomic E-state index is 5.76. The fraction of sp³-hybridized carbons (Fsp3) is 0.286. The Morgan fingerprint density at radius 2 is 2.25 bits per heavy atom. The predicted octanol–water partition coefficient (Wildman–Crippen LogP) is 2.98. The highest BCUT2D eigenvalue weighted by Crippen LogP contribution is 2.27. The molecule has 0 bridgehead atoms. The Morgan fingerprint density at radius 1 is 1.44 bits per heavy atom. The van der Waals surface area contributed by atoms with Crippen LogP contribution in [0.5, 0.6) is 0 Å². The number of nitrogens with two attached hydrogens (primary N) is 1. The van der Waals surface area contributed by atoms with Crippen LogP contribution in [-0.4, -0.2) is 0 Å². The van der Waals surface area contributed by atoms with E-state index >= 15 is 0 Å². The monoisotopic (exact) mass is 215 g/mol. The molecule has 2 heteroatoms. The predicted molar refractivity (Wildman–Crippen MR) is 66.5 cm³/mol. The smallest absolute Gasteiger partial charge is 0.187 e. The number of rotatable bonds is 2. The molecule has 1 aliphatic heterocycles. The van der Waals surface area contributed by atoms with Crippen LogP contribution >= 0.6 is 0 Å². The highest BCUT2D eigenvalue weighted by atomic mass is 16.5. The summed E-state index contributed by atoms with van der Waals surface area (Å²) >= 11 is 0. The minimum atomic E-state index is 0.550. The van der Waals surface area contributed by atoms with Crippen molar-refractivity contribution in [3.8, 4) is 0 Å². The van der Waals surface area contributed by atoms with Crippen molar-refractivity contribution in [3.05, 3.63) is 52.9 Å². The summed E-state index contributed by atoms with van der Waals surface area (Å²) in [5, 5.41) is 0. The van der Waals surface area contributed by atoms with Gasteiger partial charge in [-0.3, -0.25) is 0 Å². The van der Waals surface area contributed by atoms with Crippen molar-refractivity contribution in [3.63, 3.8) is 0 Å². The van der Waals surface area contributed by atoms with E-state index in [1.807, 2.05) is 13.8 Å². The minimum absolute atomic E-state index is 0.550. The normalized spacial score (nSPS) is 15.1. The summed E-state index contributed by atoms with van der Waals surface area (Å²) in [6, 6.07) is 6.49. The summed E-state index contributed by atoms with van der Waals surface area (Å²) in [6.07, 6.45) is 5.20. The van der Waals surface area contributed by atoms with Gasteiger partial charge in [0.15, 0.2) is 5.88 Å². The molecule has 84 valence electrons. The molecule has 0 radical (unpaired) electrons. The van der Waals surface area contributed by atoms with Gasteiger partial charge in [-0.1, -0.05) is 30.4 Å². The molecule has 1 aromatic rings. The highest BCUT2D eigenvalue weighted by Gasteiger charge is 2.14. The second-order valence-corrected chi connectivity index (χ2v) is 4.04. The van der Waals surface area contributed by atoms with Crippen LogP contribution in [0.25, 0.3) is 5.57 Å². The molecule has 0 amide bonds. The van der Waals surface area contributed by atoms with Gasteiger partial charge in [0.2, 0.25) is 0 Å². The van der Waals surface area contributed by atoms with Gasteiger partial charge < -0.3 is 10.5 Å². The summed E-state index contributed by atoms with van der Waals surface area (Å²) in [7, 11) is 0. The molecule has 2 nitrogen and oxygen atoms in total. The molecule has 1 aliphatic rings. The first kappa shape index (κ1) is 10.8. The van der Waals surface area contributed by atoms with Gasteiger partial charge >= 0.3 is 0 Å². The third-order valence-electron chi connectivity index (χ3n) is 2.92. The van der Waals surface area contributed by atoms with Gasteiger partial charge in [-0.25, -0.2) is 0 Å². The number of allylic oxidation sites excluding steroid dienone is 3. The molecule has 0 aromatic heterocycles. The zero-order valence-electron chi connectivity index (χ0n) is 9.79. The van der Waals surface area contributed by atoms with E-state index in [4.69, 9.17) is 10.5 Å². The molecule has 0 saturated carbocycles. The molecule has 0 atom stereocenters. The standard InChI is InChI=1S/C14H17NO/c1-3-4-5-11-6-7-13-10(2)14(15)16-9-12(13)8-11/h3-4,6-8H,5,9,15H2,1-2H3/b4-3+. The van der Waals surface area contributed by atoms with Crippen LogP contribution in [-0.2, 0) is 17.8 Å². The fourth-order valence-corrected chi connectivity index (χ4v) is 1.91. The van der Waals surface area contributed by atoms with Crippen molar-refractivity contribution < 1.29 is 4.74 Å². The molecule has 1 aromatic carbocycles. The molecule has 0 saturated heterocycles. The maximum Gasteiger partial charge on any atom is 0.187 e. The molecule has 1 heterocycles. The molecule has 2 rings (SSSR count). The highest BCUT2D eigenvalue weighted by molar-refractivity contribution is 5.69. The average molecular weight is 215 g/mol.